The van der Waals surface area contributed by atoms with Crippen LogP contribution in [-0.2, 0) is 7.05 Å². The van der Waals surface area contributed by atoms with Crippen LogP contribution in [0.2, 0.25) is 0 Å². The van der Waals surface area contributed by atoms with Crippen molar-refractivity contribution >= 4 is 27.8 Å². The van der Waals surface area contributed by atoms with Crippen LogP contribution in [0.1, 0.15) is 19.7 Å². The zero-order chi connectivity index (χ0) is 18.4. The highest BCUT2D eigenvalue weighted by Gasteiger charge is 2.14. The molecule has 0 saturated heterocycles. The van der Waals surface area contributed by atoms with Crippen LogP contribution in [0.5, 0.6) is 0 Å². The highest BCUT2D eigenvalue weighted by Crippen LogP contribution is 2.27. The number of aromatic amines is 1. The molecule has 0 fully saturated rings. The predicted octanol–water partition coefficient (Wildman–Crippen LogP) is 3.00. The number of pyridine rings is 1. The molecule has 1 aromatic carbocycles. The zero-order valence-electron chi connectivity index (χ0n) is 15.2. The molecule has 7 nitrogen and oxygen atoms in total. The SMILES string of the molecule is Cc1nc2ccc(-c3cc4ncn(C)c(=O)c4c(NC(C)C)n3)cc2[nH]1. The molecular formula is C19H20N6O. The minimum absolute atomic E-state index is 0.114. The number of hydrogen-bond donors (Lipinski definition) is 2. The molecule has 0 amide bonds. The molecule has 0 spiro atoms. The van der Waals surface area contributed by atoms with E-state index in [2.05, 4.69) is 20.3 Å². The van der Waals surface area contributed by atoms with Gasteiger partial charge in [-0.3, -0.25) is 4.79 Å². The van der Waals surface area contributed by atoms with Crippen molar-refractivity contribution in [3.05, 3.63) is 46.8 Å². The Hall–Kier alpha value is -3.22. The number of benzene rings is 1. The summed E-state index contributed by atoms with van der Waals surface area (Å²) in [5.41, 5.74) is 4.09. The summed E-state index contributed by atoms with van der Waals surface area (Å²) in [4.78, 5) is 29.4. The molecule has 132 valence electrons. The van der Waals surface area contributed by atoms with Gasteiger partial charge in [0, 0.05) is 18.7 Å². The monoisotopic (exact) mass is 348 g/mol. The van der Waals surface area contributed by atoms with E-state index in [-0.39, 0.29) is 11.6 Å². The minimum Gasteiger partial charge on any atom is -0.367 e. The van der Waals surface area contributed by atoms with Gasteiger partial charge in [-0.2, -0.15) is 0 Å². The number of aromatic nitrogens is 5. The number of fused-ring (bicyclic) bond motifs is 2. The first-order valence-electron chi connectivity index (χ1n) is 8.52. The van der Waals surface area contributed by atoms with E-state index >= 15 is 0 Å². The maximum absolute atomic E-state index is 12.6. The van der Waals surface area contributed by atoms with E-state index in [1.165, 1.54) is 10.9 Å². The van der Waals surface area contributed by atoms with E-state index in [0.29, 0.717) is 16.7 Å². The smallest absolute Gasteiger partial charge is 0.264 e. The standard InChI is InChI=1S/C19H20N6O/c1-10(2)21-18-17-16(20-9-25(4)19(17)26)8-14(24-18)12-5-6-13-15(7-12)23-11(3)22-13/h5-10H,1-4H3,(H,21,24)(H,22,23). The summed E-state index contributed by atoms with van der Waals surface area (Å²) in [5.74, 6) is 1.43. The molecule has 4 rings (SSSR count). The Morgan fingerprint density at radius 3 is 2.73 bits per heavy atom. The summed E-state index contributed by atoms with van der Waals surface area (Å²) in [6.07, 6.45) is 1.54. The van der Waals surface area contributed by atoms with Crippen LogP contribution >= 0.6 is 0 Å². The van der Waals surface area contributed by atoms with Gasteiger partial charge in [0.15, 0.2) is 0 Å². The molecule has 0 aliphatic carbocycles. The Balaban J connectivity index is 1.97. The van der Waals surface area contributed by atoms with Gasteiger partial charge in [0.05, 0.1) is 28.6 Å². The number of nitrogens with zero attached hydrogens (tertiary/aromatic N) is 4. The lowest BCUT2D eigenvalue weighted by molar-refractivity contribution is 0.839. The normalized spacial score (nSPS) is 11.6. The minimum atomic E-state index is -0.114. The lowest BCUT2D eigenvalue weighted by atomic mass is 10.1. The Labute approximate surface area is 150 Å². The number of hydrogen-bond acceptors (Lipinski definition) is 5. The van der Waals surface area contributed by atoms with E-state index in [4.69, 9.17) is 4.98 Å². The Morgan fingerprint density at radius 2 is 1.96 bits per heavy atom. The molecule has 26 heavy (non-hydrogen) atoms. The van der Waals surface area contributed by atoms with Gasteiger partial charge in [0.25, 0.3) is 5.56 Å². The number of imidazole rings is 1. The van der Waals surface area contributed by atoms with Crippen molar-refractivity contribution in [3.8, 4) is 11.3 Å². The van der Waals surface area contributed by atoms with Crippen LogP contribution in [0.15, 0.2) is 35.4 Å². The Kier molecular flexibility index (Phi) is 3.72. The third-order valence-electron chi connectivity index (χ3n) is 4.22. The molecule has 0 aliphatic rings. The summed E-state index contributed by atoms with van der Waals surface area (Å²) < 4.78 is 1.47. The summed E-state index contributed by atoms with van der Waals surface area (Å²) in [5, 5.41) is 3.79. The maximum atomic E-state index is 12.6. The number of H-pyrrole nitrogens is 1. The molecule has 0 unspecified atom stereocenters. The van der Waals surface area contributed by atoms with E-state index in [0.717, 1.165) is 28.1 Å². The molecule has 3 heterocycles. The second-order valence-corrected chi connectivity index (χ2v) is 6.76. The average molecular weight is 348 g/mol. The fourth-order valence-corrected chi connectivity index (χ4v) is 3.04. The first-order chi connectivity index (χ1) is 12.4. The van der Waals surface area contributed by atoms with Crippen LogP contribution in [0.25, 0.3) is 33.2 Å². The summed E-state index contributed by atoms with van der Waals surface area (Å²) >= 11 is 0. The number of anilines is 1. The highest BCUT2D eigenvalue weighted by molar-refractivity contribution is 5.92. The maximum Gasteiger partial charge on any atom is 0.264 e. The Bertz CT molecular complexity index is 1190. The van der Waals surface area contributed by atoms with E-state index < -0.39 is 0 Å². The van der Waals surface area contributed by atoms with E-state index in [1.807, 2.05) is 45.0 Å². The summed E-state index contributed by atoms with van der Waals surface area (Å²) in [7, 11) is 1.69. The number of aryl methyl sites for hydroxylation is 2. The summed E-state index contributed by atoms with van der Waals surface area (Å²) in [6, 6.07) is 7.96. The molecule has 0 radical (unpaired) electrons. The topological polar surface area (TPSA) is 88.5 Å². The molecule has 0 saturated carbocycles. The number of nitrogens with one attached hydrogen (secondary N) is 2. The van der Waals surface area contributed by atoms with Crippen LogP contribution < -0.4 is 10.9 Å². The van der Waals surface area contributed by atoms with Crippen LogP contribution in [0.3, 0.4) is 0 Å². The molecule has 3 aromatic heterocycles. The second kappa shape index (κ2) is 5.94. The third-order valence-corrected chi connectivity index (χ3v) is 4.22. The lowest BCUT2D eigenvalue weighted by Crippen LogP contribution is -2.21. The largest absolute Gasteiger partial charge is 0.367 e. The van der Waals surface area contributed by atoms with Gasteiger partial charge in [-0.05, 0) is 39.0 Å². The van der Waals surface area contributed by atoms with Gasteiger partial charge < -0.3 is 14.9 Å². The van der Waals surface area contributed by atoms with E-state index in [1.54, 1.807) is 7.05 Å². The summed E-state index contributed by atoms with van der Waals surface area (Å²) in [6.45, 7) is 5.96. The van der Waals surface area contributed by atoms with Crippen molar-refractivity contribution in [2.24, 2.45) is 7.05 Å². The van der Waals surface area contributed by atoms with Gasteiger partial charge in [-0.15, -0.1) is 0 Å². The van der Waals surface area contributed by atoms with E-state index in [9.17, 15) is 4.79 Å². The highest BCUT2D eigenvalue weighted by atomic mass is 16.1. The van der Waals surface area contributed by atoms with Crippen molar-refractivity contribution in [2.75, 3.05) is 5.32 Å². The molecule has 0 atom stereocenters. The van der Waals surface area contributed by atoms with Gasteiger partial charge in [0.1, 0.15) is 17.0 Å². The second-order valence-electron chi connectivity index (χ2n) is 6.76. The molecule has 4 aromatic rings. The van der Waals surface area contributed by atoms with Crippen LogP contribution in [-0.4, -0.2) is 30.5 Å². The molecular weight excluding hydrogens is 328 g/mol. The van der Waals surface area contributed by atoms with Gasteiger partial charge in [-0.1, -0.05) is 6.07 Å². The van der Waals surface area contributed by atoms with Gasteiger partial charge in [-0.25, -0.2) is 15.0 Å². The molecule has 7 heteroatoms. The quantitative estimate of drug-likeness (QED) is 0.594. The molecule has 0 bridgehead atoms. The van der Waals surface area contributed by atoms with Gasteiger partial charge in [0.2, 0.25) is 0 Å². The third kappa shape index (κ3) is 2.71. The van der Waals surface area contributed by atoms with Crippen molar-refractivity contribution in [1.29, 1.82) is 0 Å². The van der Waals surface area contributed by atoms with Crippen molar-refractivity contribution in [2.45, 2.75) is 26.8 Å². The Morgan fingerprint density at radius 1 is 1.15 bits per heavy atom. The van der Waals surface area contributed by atoms with Crippen LogP contribution in [0, 0.1) is 6.92 Å². The lowest BCUT2D eigenvalue weighted by Gasteiger charge is -2.14. The molecule has 2 N–H and O–H groups in total. The van der Waals surface area contributed by atoms with Crippen molar-refractivity contribution < 1.29 is 0 Å². The average Bonchev–Trinajstić information content (AvgIpc) is 2.96. The van der Waals surface area contributed by atoms with Gasteiger partial charge >= 0.3 is 0 Å². The number of rotatable bonds is 3. The fourth-order valence-electron chi connectivity index (χ4n) is 3.04. The first-order valence-corrected chi connectivity index (χ1v) is 8.52. The zero-order valence-corrected chi connectivity index (χ0v) is 15.2. The predicted molar refractivity (Wildman–Crippen MR) is 103 cm³/mol. The first kappa shape index (κ1) is 16.3. The fraction of sp³-hybridized carbons (Fsp3) is 0.263. The van der Waals surface area contributed by atoms with Crippen LogP contribution in [0.4, 0.5) is 5.82 Å². The van der Waals surface area contributed by atoms with Crippen molar-refractivity contribution in [3.63, 3.8) is 0 Å². The molecule has 0 aliphatic heterocycles. The van der Waals surface area contributed by atoms with Crippen molar-refractivity contribution in [1.82, 2.24) is 24.5 Å².